The first-order chi connectivity index (χ1) is 18.2. The first kappa shape index (κ1) is 27.4. The largest absolute Gasteiger partial charge is 0.493 e. The molecule has 0 aliphatic carbocycles. The highest BCUT2D eigenvalue weighted by atomic mass is 16.6. The minimum atomic E-state index is -0.665. The quantitative estimate of drug-likeness (QED) is 0.330. The molecule has 0 saturated carbocycles. The van der Waals surface area contributed by atoms with Crippen molar-refractivity contribution in [3.8, 4) is 16.9 Å². The second kappa shape index (κ2) is 12.3. The van der Waals surface area contributed by atoms with E-state index in [0.717, 1.165) is 36.3 Å². The number of hydrogen-bond acceptors (Lipinski definition) is 5. The van der Waals surface area contributed by atoms with Crippen molar-refractivity contribution in [1.82, 2.24) is 4.90 Å². The molecule has 6 heteroatoms. The van der Waals surface area contributed by atoms with Gasteiger partial charge in [0, 0.05) is 6.54 Å². The minimum Gasteiger partial charge on any atom is -0.493 e. The second-order valence-electron chi connectivity index (χ2n) is 10.7. The van der Waals surface area contributed by atoms with Gasteiger partial charge in [-0.15, -0.1) is 0 Å². The third-order valence-electron chi connectivity index (χ3n) is 6.44. The van der Waals surface area contributed by atoms with Crippen LogP contribution in [0.4, 0.5) is 5.69 Å². The molecule has 1 heterocycles. The summed E-state index contributed by atoms with van der Waals surface area (Å²) in [6.45, 7) is 10.7. The number of carbonyl (C=O) groups is 2. The summed E-state index contributed by atoms with van der Waals surface area (Å²) in [4.78, 5) is 29.2. The van der Waals surface area contributed by atoms with Gasteiger partial charge < -0.3 is 14.8 Å². The van der Waals surface area contributed by atoms with E-state index in [4.69, 9.17) is 9.47 Å². The van der Waals surface area contributed by atoms with Gasteiger partial charge in [0.1, 0.15) is 11.4 Å². The molecule has 6 nitrogen and oxygen atoms in total. The van der Waals surface area contributed by atoms with E-state index in [0.29, 0.717) is 29.2 Å². The maximum Gasteiger partial charge on any atom is 0.340 e. The molecule has 3 aromatic rings. The number of rotatable bonds is 8. The second-order valence-corrected chi connectivity index (χ2v) is 10.7. The maximum absolute atomic E-state index is 13.7. The van der Waals surface area contributed by atoms with Crippen LogP contribution in [0.3, 0.4) is 0 Å². The molecule has 0 spiro atoms. The first-order valence-electron chi connectivity index (χ1n) is 13.5. The molecule has 0 aromatic heterocycles. The fourth-order valence-electron chi connectivity index (χ4n) is 4.67. The zero-order chi connectivity index (χ0) is 27.1. The van der Waals surface area contributed by atoms with E-state index in [1.54, 1.807) is 6.07 Å². The average molecular weight is 515 g/mol. The van der Waals surface area contributed by atoms with E-state index >= 15 is 0 Å². The number of ether oxygens (including phenoxy) is 2. The van der Waals surface area contributed by atoms with Crippen LogP contribution in [0.15, 0.2) is 66.7 Å². The van der Waals surface area contributed by atoms with Crippen molar-refractivity contribution in [2.75, 3.05) is 25.0 Å². The summed E-state index contributed by atoms with van der Waals surface area (Å²) in [5, 5.41) is 3.00. The highest BCUT2D eigenvalue weighted by molar-refractivity contribution is 6.10. The van der Waals surface area contributed by atoms with Crippen molar-refractivity contribution in [2.45, 2.75) is 59.1 Å². The van der Waals surface area contributed by atoms with Crippen molar-refractivity contribution in [3.63, 3.8) is 0 Å². The SMILES string of the molecule is CCOc1ccc(CN2CCCCC2)cc1C(=O)Nc1cc(-c2ccccc2)ccc1C(=O)OC(C)(C)C. The Morgan fingerprint density at radius 3 is 2.29 bits per heavy atom. The van der Waals surface area contributed by atoms with Gasteiger partial charge in [0.05, 0.1) is 23.4 Å². The zero-order valence-electron chi connectivity index (χ0n) is 22.9. The van der Waals surface area contributed by atoms with Crippen LogP contribution >= 0.6 is 0 Å². The standard InChI is InChI=1S/C32H38N2O4/c1-5-37-29-17-14-23(22-34-18-10-7-11-19-34)20-27(29)30(35)33-28-21-25(24-12-8-6-9-13-24)15-16-26(28)31(36)38-32(2,3)4/h6,8-9,12-17,20-21H,5,7,10-11,18-19,22H2,1-4H3,(H,33,35). The number of carbonyl (C=O) groups excluding carboxylic acids is 2. The summed E-state index contributed by atoms with van der Waals surface area (Å²) in [6, 6.07) is 21.1. The number of esters is 1. The molecular formula is C32H38N2O4. The Labute approximate surface area is 226 Å². The number of anilines is 1. The summed E-state index contributed by atoms with van der Waals surface area (Å²) in [5.41, 5.74) is 3.41. The smallest absolute Gasteiger partial charge is 0.340 e. The summed E-state index contributed by atoms with van der Waals surface area (Å²) in [5.74, 6) is -0.300. The lowest BCUT2D eigenvalue weighted by Crippen LogP contribution is -2.29. The molecule has 200 valence electrons. The lowest BCUT2D eigenvalue weighted by atomic mass is 10.0. The van der Waals surface area contributed by atoms with E-state index < -0.39 is 11.6 Å². The van der Waals surface area contributed by atoms with Gasteiger partial charge in [-0.3, -0.25) is 9.69 Å². The van der Waals surface area contributed by atoms with Crippen molar-refractivity contribution >= 4 is 17.6 Å². The molecule has 1 fully saturated rings. The van der Waals surface area contributed by atoms with Crippen LogP contribution in [0, 0.1) is 0 Å². The fourth-order valence-corrected chi connectivity index (χ4v) is 4.67. The summed E-state index contributed by atoms with van der Waals surface area (Å²) in [7, 11) is 0. The van der Waals surface area contributed by atoms with Crippen LogP contribution in [-0.4, -0.2) is 42.1 Å². The lowest BCUT2D eigenvalue weighted by molar-refractivity contribution is 0.00708. The molecular weight excluding hydrogens is 476 g/mol. The summed E-state index contributed by atoms with van der Waals surface area (Å²) in [6.07, 6.45) is 3.68. The van der Waals surface area contributed by atoms with E-state index in [1.807, 2.05) is 88.4 Å². The molecule has 1 N–H and O–H groups in total. The maximum atomic E-state index is 13.7. The van der Waals surface area contributed by atoms with Crippen molar-refractivity contribution in [2.24, 2.45) is 0 Å². The number of benzene rings is 3. The van der Waals surface area contributed by atoms with Gasteiger partial charge in [-0.25, -0.2) is 4.79 Å². The molecule has 0 atom stereocenters. The number of nitrogens with one attached hydrogen (secondary N) is 1. The van der Waals surface area contributed by atoms with E-state index in [9.17, 15) is 9.59 Å². The monoisotopic (exact) mass is 514 g/mol. The number of likely N-dealkylation sites (tertiary alicyclic amines) is 1. The third kappa shape index (κ3) is 7.23. The van der Waals surface area contributed by atoms with Gasteiger partial charge in [-0.2, -0.15) is 0 Å². The predicted octanol–water partition coefficient (Wildman–Crippen LogP) is 6.95. The Balaban J connectivity index is 1.67. The molecule has 38 heavy (non-hydrogen) atoms. The first-order valence-corrected chi connectivity index (χ1v) is 13.5. The Bertz CT molecular complexity index is 1260. The lowest BCUT2D eigenvalue weighted by Gasteiger charge is -2.26. The fraction of sp³-hybridized carbons (Fsp3) is 0.375. The van der Waals surface area contributed by atoms with Gasteiger partial charge in [0.2, 0.25) is 0 Å². The molecule has 0 unspecified atom stereocenters. The van der Waals surface area contributed by atoms with Crippen LogP contribution in [0.25, 0.3) is 11.1 Å². The summed E-state index contributed by atoms with van der Waals surface area (Å²) >= 11 is 0. The number of amides is 1. The van der Waals surface area contributed by atoms with E-state index in [-0.39, 0.29) is 5.91 Å². The predicted molar refractivity (Wildman–Crippen MR) is 152 cm³/mol. The van der Waals surface area contributed by atoms with Gasteiger partial charge in [0.15, 0.2) is 0 Å². The summed E-state index contributed by atoms with van der Waals surface area (Å²) < 4.78 is 11.5. The van der Waals surface area contributed by atoms with Crippen LogP contribution in [0.1, 0.15) is 73.2 Å². The Hall–Kier alpha value is -3.64. The molecule has 3 aromatic carbocycles. The van der Waals surface area contributed by atoms with Gasteiger partial charge in [0.25, 0.3) is 5.91 Å². The van der Waals surface area contributed by atoms with E-state index in [1.165, 1.54) is 19.3 Å². The molecule has 4 rings (SSSR count). The normalized spacial score (nSPS) is 14.1. The number of piperidine rings is 1. The molecule has 1 aliphatic rings. The van der Waals surface area contributed by atoms with Gasteiger partial charge >= 0.3 is 5.97 Å². The Kier molecular flexibility index (Phi) is 8.85. The zero-order valence-corrected chi connectivity index (χ0v) is 22.9. The number of nitrogens with zero attached hydrogens (tertiary/aromatic N) is 1. The highest BCUT2D eigenvalue weighted by Crippen LogP contribution is 2.29. The Morgan fingerprint density at radius 1 is 0.868 bits per heavy atom. The van der Waals surface area contributed by atoms with Crippen LogP contribution in [0.2, 0.25) is 0 Å². The van der Waals surface area contributed by atoms with Crippen molar-refractivity contribution < 1.29 is 19.1 Å². The third-order valence-corrected chi connectivity index (χ3v) is 6.44. The van der Waals surface area contributed by atoms with Crippen LogP contribution in [0.5, 0.6) is 5.75 Å². The molecule has 1 aliphatic heterocycles. The topological polar surface area (TPSA) is 67.9 Å². The Morgan fingerprint density at radius 2 is 1.61 bits per heavy atom. The molecule has 1 amide bonds. The molecule has 1 saturated heterocycles. The molecule has 0 radical (unpaired) electrons. The van der Waals surface area contributed by atoms with Crippen LogP contribution in [-0.2, 0) is 11.3 Å². The average Bonchev–Trinajstić information content (AvgIpc) is 2.89. The number of hydrogen-bond donors (Lipinski definition) is 1. The highest BCUT2D eigenvalue weighted by Gasteiger charge is 2.23. The minimum absolute atomic E-state index is 0.301. The van der Waals surface area contributed by atoms with Crippen molar-refractivity contribution in [1.29, 1.82) is 0 Å². The molecule has 0 bridgehead atoms. The van der Waals surface area contributed by atoms with E-state index in [2.05, 4.69) is 10.2 Å². The van der Waals surface area contributed by atoms with Gasteiger partial charge in [-0.05, 0) is 94.6 Å². The van der Waals surface area contributed by atoms with Crippen molar-refractivity contribution in [3.05, 3.63) is 83.4 Å². The van der Waals surface area contributed by atoms with Gasteiger partial charge in [-0.1, -0.05) is 48.9 Å². The van der Waals surface area contributed by atoms with Crippen LogP contribution < -0.4 is 10.1 Å².